The molecule has 2 rings (SSSR count). The number of unbranched alkanes of at least 4 members (excludes halogenated alkanes) is 2. The molecule has 7 N–H and O–H groups in total. The fourth-order valence-electron chi connectivity index (χ4n) is 4.08. The van der Waals surface area contributed by atoms with Crippen LogP contribution in [0.25, 0.3) is 0 Å². The quantitative estimate of drug-likeness (QED) is 0.106. The van der Waals surface area contributed by atoms with Crippen molar-refractivity contribution in [2.45, 2.75) is 70.0 Å². The molecule has 224 valence electrons. The number of nitrogens with zero attached hydrogens (tertiary/aromatic N) is 1. The molecule has 1 aliphatic heterocycles. The number of nitro benzene ring substituents is 1. The van der Waals surface area contributed by atoms with Gasteiger partial charge in [-0.2, -0.15) is 0 Å². The van der Waals surface area contributed by atoms with Gasteiger partial charge in [-0.05, 0) is 25.3 Å². The van der Waals surface area contributed by atoms with Gasteiger partial charge in [-0.3, -0.25) is 38.9 Å². The minimum Gasteiger partial charge on any atom is -0.481 e. The van der Waals surface area contributed by atoms with Crippen molar-refractivity contribution in [3.8, 4) is 0 Å². The summed E-state index contributed by atoms with van der Waals surface area (Å²) < 4.78 is 0. The lowest BCUT2D eigenvalue weighted by Gasteiger charge is -2.26. The molecule has 1 aliphatic rings. The maximum atomic E-state index is 13.2. The summed E-state index contributed by atoms with van der Waals surface area (Å²) in [6, 6.07) is -0.422. The maximum absolute atomic E-state index is 13.2. The highest BCUT2D eigenvalue weighted by Gasteiger charge is 2.31. The number of rotatable bonds is 11. The molecule has 41 heavy (non-hydrogen) atoms. The zero-order valence-electron chi connectivity index (χ0n) is 22.4. The molecule has 3 atom stereocenters. The molecule has 0 saturated carbocycles. The molecule has 0 aromatic heterocycles. The van der Waals surface area contributed by atoms with Crippen LogP contribution in [-0.4, -0.2) is 81.9 Å². The van der Waals surface area contributed by atoms with Crippen LogP contribution in [0.3, 0.4) is 0 Å². The number of carboxylic acid groups (broad SMARTS) is 2. The number of carbonyl (C=O) groups excluding carboxylic acids is 4. The molecule has 0 aliphatic carbocycles. The molecular weight excluding hydrogens is 544 g/mol. The number of aliphatic carboxylic acids is 2. The van der Waals surface area contributed by atoms with E-state index in [4.69, 9.17) is 10.2 Å². The van der Waals surface area contributed by atoms with Crippen molar-refractivity contribution in [1.82, 2.24) is 21.3 Å². The molecule has 0 bridgehead atoms. The minimum atomic E-state index is -1.41. The summed E-state index contributed by atoms with van der Waals surface area (Å²) >= 11 is 0. The molecule has 1 aromatic carbocycles. The Hall–Kier alpha value is -4.76. The van der Waals surface area contributed by atoms with E-state index in [-0.39, 0.29) is 37.1 Å². The number of benzene rings is 1. The van der Waals surface area contributed by atoms with Crippen LogP contribution in [0.1, 0.15) is 62.2 Å². The van der Waals surface area contributed by atoms with Crippen molar-refractivity contribution in [1.29, 1.82) is 0 Å². The second-order valence-electron chi connectivity index (χ2n) is 9.39. The Balaban J connectivity index is 2.51. The Morgan fingerprint density at radius 2 is 1.68 bits per heavy atom. The topological polar surface area (TPSA) is 246 Å². The first-order valence-corrected chi connectivity index (χ1v) is 13.1. The van der Waals surface area contributed by atoms with Gasteiger partial charge in [0.15, 0.2) is 0 Å². The van der Waals surface area contributed by atoms with Crippen LogP contribution in [0.2, 0.25) is 0 Å². The third-order valence-corrected chi connectivity index (χ3v) is 6.25. The Morgan fingerprint density at radius 3 is 2.32 bits per heavy atom. The summed E-state index contributed by atoms with van der Waals surface area (Å²) in [5.74, 6) is -5.82. The van der Waals surface area contributed by atoms with Gasteiger partial charge in [0.2, 0.25) is 17.7 Å². The highest BCUT2D eigenvalue weighted by Crippen LogP contribution is 2.23. The number of amides is 4. The summed E-state index contributed by atoms with van der Waals surface area (Å²) in [6.07, 6.45) is 1.30. The van der Waals surface area contributed by atoms with Gasteiger partial charge in [0.25, 0.3) is 11.6 Å². The molecule has 0 fully saturated rings. The second-order valence-corrected chi connectivity index (χ2v) is 9.39. The zero-order valence-corrected chi connectivity index (χ0v) is 22.4. The van der Waals surface area contributed by atoms with Crippen LogP contribution in [0.5, 0.6) is 0 Å². The SMILES string of the molecule is CCCCCC1NC(=O)C(CCC(=O)O)NC(=O)c2cc([N+](=O)[O-])ccc2NCCC(C(=O)NCC(=O)O)NC1=O. The van der Waals surface area contributed by atoms with Crippen molar-refractivity contribution in [3.63, 3.8) is 0 Å². The number of carbonyl (C=O) groups is 6. The Labute approximate surface area is 234 Å². The van der Waals surface area contributed by atoms with E-state index in [1.54, 1.807) is 0 Å². The molecule has 1 heterocycles. The molecule has 1 aromatic rings. The first-order valence-electron chi connectivity index (χ1n) is 13.1. The van der Waals surface area contributed by atoms with Gasteiger partial charge >= 0.3 is 11.9 Å². The number of fused-ring (bicyclic) bond motifs is 1. The predicted octanol–water partition coefficient (Wildman–Crippen LogP) is 0.124. The second kappa shape index (κ2) is 15.7. The number of hydrogen-bond donors (Lipinski definition) is 7. The van der Waals surface area contributed by atoms with Crippen molar-refractivity contribution in [3.05, 3.63) is 33.9 Å². The molecule has 0 spiro atoms. The van der Waals surface area contributed by atoms with Crippen LogP contribution in [0.4, 0.5) is 11.4 Å². The van der Waals surface area contributed by atoms with Crippen LogP contribution in [0, 0.1) is 10.1 Å². The number of hydrogen-bond acceptors (Lipinski definition) is 9. The first-order chi connectivity index (χ1) is 19.4. The number of carboxylic acids is 2. The molecule has 0 saturated heterocycles. The summed E-state index contributed by atoms with van der Waals surface area (Å²) in [5.41, 5.74) is -0.515. The van der Waals surface area contributed by atoms with Crippen LogP contribution in [-0.2, 0) is 24.0 Å². The smallest absolute Gasteiger partial charge is 0.322 e. The Kier molecular flexibility index (Phi) is 12.5. The molecule has 4 amide bonds. The monoisotopic (exact) mass is 578 g/mol. The van der Waals surface area contributed by atoms with Crippen molar-refractivity contribution >= 4 is 46.9 Å². The third kappa shape index (κ3) is 10.4. The van der Waals surface area contributed by atoms with Crippen molar-refractivity contribution in [2.75, 3.05) is 18.4 Å². The zero-order chi connectivity index (χ0) is 30.5. The van der Waals surface area contributed by atoms with Crippen molar-refractivity contribution < 1.29 is 43.9 Å². The van der Waals surface area contributed by atoms with Crippen LogP contribution < -0.4 is 26.6 Å². The van der Waals surface area contributed by atoms with E-state index in [2.05, 4.69) is 26.6 Å². The van der Waals surface area contributed by atoms with Gasteiger partial charge < -0.3 is 36.8 Å². The van der Waals surface area contributed by atoms with E-state index in [1.165, 1.54) is 6.07 Å². The van der Waals surface area contributed by atoms with Crippen molar-refractivity contribution in [2.24, 2.45) is 0 Å². The lowest BCUT2D eigenvalue weighted by molar-refractivity contribution is -0.384. The number of anilines is 1. The standard InChI is InChI=1S/C25H34N6O10/c1-2-3-4-5-17-24(38)30-19(23(37)27-13-21(34)35)10-11-26-16-7-6-14(31(40)41)12-15(16)22(36)28-18(25(39)29-17)8-9-20(32)33/h6-7,12,17-19,26H,2-5,8-11,13H2,1H3,(H,27,37)(H,28,36)(H,29,39)(H,30,38)(H,32,33)(H,34,35). The first kappa shape index (κ1) is 32.5. The van der Waals surface area contributed by atoms with E-state index in [0.717, 1.165) is 25.0 Å². The summed E-state index contributed by atoms with van der Waals surface area (Å²) in [6.45, 7) is 1.20. The fraction of sp³-hybridized carbons (Fsp3) is 0.520. The Bertz CT molecular complexity index is 1170. The van der Waals surface area contributed by atoms with Gasteiger partial charge in [-0.25, -0.2) is 0 Å². The predicted molar refractivity (Wildman–Crippen MR) is 143 cm³/mol. The van der Waals surface area contributed by atoms with Gasteiger partial charge in [0.05, 0.1) is 10.5 Å². The average Bonchev–Trinajstić information content (AvgIpc) is 2.91. The largest absolute Gasteiger partial charge is 0.481 e. The minimum absolute atomic E-state index is 0.0289. The van der Waals surface area contributed by atoms with Gasteiger partial charge in [-0.1, -0.05) is 26.2 Å². The van der Waals surface area contributed by atoms with Gasteiger partial charge in [0, 0.05) is 30.8 Å². The molecule has 16 nitrogen and oxygen atoms in total. The van der Waals surface area contributed by atoms with E-state index in [0.29, 0.717) is 6.42 Å². The van der Waals surface area contributed by atoms with Gasteiger partial charge in [-0.15, -0.1) is 0 Å². The van der Waals surface area contributed by atoms with Crippen LogP contribution in [0.15, 0.2) is 18.2 Å². The summed E-state index contributed by atoms with van der Waals surface area (Å²) in [4.78, 5) is 85.2. The van der Waals surface area contributed by atoms with E-state index < -0.39 is 77.3 Å². The highest BCUT2D eigenvalue weighted by atomic mass is 16.6. The molecular formula is C25H34N6O10. The van der Waals surface area contributed by atoms with Gasteiger partial charge in [0.1, 0.15) is 24.7 Å². The maximum Gasteiger partial charge on any atom is 0.322 e. The van der Waals surface area contributed by atoms with E-state index in [1.807, 2.05) is 6.92 Å². The lowest BCUT2D eigenvalue weighted by atomic mass is 10.0. The average molecular weight is 579 g/mol. The Morgan fingerprint density at radius 1 is 1.00 bits per heavy atom. The number of nitrogens with one attached hydrogen (secondary N) is 5. The fourth-order valence-corrected chi connectivity index (χ4v) is 4.08. The number of nitro groups is 1. The lowest BCUT2D eigenvalue weighted by Crippen LogP contribution is -2.57. The van der Waals surface area contributed by atoms with Crippen LogP contribution >= 0.6 is 0 Å². The normalized spacial score (nSPS) is 19.7. The summed E-state index contributed by atoms with van der Waals surface area (Å²) in [7, 11) is 0. The molecule has 16 heteroatoms. The summed E-state index contributed by atoms with van der Waals surface area (Å²) in [5, 5.41) is 42.0. The number of non-ortho nitro benzene ring substituents is 1. The van der Waals surface area contributed by atoms with E-state index in [9.17, 15) is 38.9 Å². The highest BCUT2D eigenvalue weighted by molar-refractivity contribution is 6.03. The van der Waals surface area contributed by atoms with E-state index >= 15 is 0 Å². The molecule has 0 radical (unpaired) electrons. The third-order valence-electron chi connectivity index (χ3n) is 6.25. The molecule has 3 unspecified atom stereocenters.